The summed E-state index contributed by atoms with van der Waals surface area (Å²) in [7, 11) is 0. The van der Waals surface area contributed by atoms with Crippen molar-refractivity contribution in [1.82, 2.24) is 0 Å². The summed E-state index contributed by atoms with van der Waals surface area (Å²) in [5.74, 6) is 0.411. The number of Topliss-reactive ketones (excluding diaryl/α,β-unsaturated/α-hetero) is 1. The number of hydrogen-bond donors (Lipinski definition) is 0. The molecular formula is C21H27NO3. The first-order chi connectivity index (χ1) is 11.8. The Morgan fingerprint density at radius 1 is 1.24 bits per heavy atom. The molecule has 0 amide bonds. The molecule has 0 aromatic carbocycles. The molecule has 0 heterocycles. The van der Waals surface area contributed by atoms with Crippen molar-refractivity contribution >= 4 is 17.9 Å². The van der Waals surface area contributed by atoms with E-state index in [9.17, 15) is 19.6 Å². The van der Waals surface area contributed by atoms with Gasteiger partial charge in [-0.25, -0.2) is 0 Å². The highest BCUT2D eigenvalue weighted by Crippen LogP contribution is 2.63. The number of nitrogens with zero attached hydrogens (tertiary/aromatic N) is 1. The maximum absolute atomic E-state index is 12.1. The summed E-state index contributed by atoms with van der Waals surface area (Å²) >= 11 is 0. The van der Waals surface area contributed by atoms with Gasteiger partial charge in [-0.05, 0) is 62.4 Å². The van der Waals surface area contributed by atoms with E-state index in [0.29, 0.717) is 18.4 Å². The van der Waals surface area contributed by atoms with E-state index in [-0.39, 0.29) is 40.7 Å². The Labute approximate surface area is 149 Å². The standard InChI is InChI=1S/C21H27NO3/c1-13(24)17-4-5-18-16(11-22)19(7-9-21(17,18)3)20(2)8-6-15(25)10-14(20)12-23/h10,12,16-19H,4-9H2,1-3H3/t16-,17+,18-,19+,20+,21+/m0/s1. The third kappa shape index (κ3) is 2.60. The number of nitriles is 1. The van der Waals surface area contributed by atoms with Gasteiger partial charge in [0, 0.05) is 23.3 Å². The summed E-state index contributed by atoms with van der Waals surface area (Å²) in [6.07, 6.45) is 6.92. The predicted molar refractivity (Wildman–Crippen MR) is 93.3 cm³/mol. The highest BCUT2D eigenvalue weighted by Gasteiger charge is 2.58. The van der Waals surface area contributed by atoms with Crippen molar-refractivity contribution in [2.24, 2.45) is 34.5 Å². The molecule has 4 nitrogen and oxygen atoms in total. The normalized spacial score (nSPS) is 43.8. The first kappa shape index (κ1) is 18.0. The van der Waals surface area contributed by atoms with Gasteiger partial charge in [0.15, 0.2) is 5.78 Å². The molecule has 6 atom stereocenters. The van der Waals surface area contributed by atoms with Crippen LogP contribution < -0.4 is 0 Å². The Kier molecular flexibility index (Phi) is 4.47. The molecule has 25 heavy (non-hydrogen) atoms. The average Bonchev–Trinajstić information content (AvgIpc) is 2.93. The highest BCUT2D eigenvalue weighted by atomic mass is 16.1. The SMILES string of the molecule is CC(=O)[C@H]1CC[C@H]2[C@H](C#N)[C@H]([C@]3(C)CCC(=O)C=C3C=O)CC[C@]12C. The smallest absolute Gasteiger partial charge is 0.156 e. The van der Waals surface area contributed by atoms with Crippen LogP contribution in [0, 0.1) is 45.8 Å². The van der Waals surface area contributed by atoms with E-state index in [0.717, 1.165) is 32.0 Å². The van der Waals surface area contributed by atoms with Crippen LogP contribution in [0.5, 0.6) is 0 Å². The van der Waals surface area contributed by atoms with Crippen LogP contribution in [0.25, 0.3) is 0 Å². The summed E-state index contributed by atoms with van der Waals surface area (Å²) in [5, 5.41) is 9.99. The third-order valence-corrected chi connectivity index (χ3v) is 7.72. The van der Waals surface area contributed by atoms with Crippen molar-refractivity contribution < 1.29 is 14.4 Å². The molecule has 0 spiro atoms. The summed E-state index contributed by atoms with van der Waals surface area (Å²) in [4.78, 5) is 35.5. The van der Waals surface area contributed by atoms with Crippen LogP contribution in [0.15, 0.2) is 11.6 Å². The van der Waals surface area contributed by atoms with Crippen molar-refractivity contribution in [3.05, 3.63) is 11.6 Å². The molecule has 0 N–H and O–H groups in total. The zero-order valence-electron chi connectivity index (χ0n) is 15.4. The molecule has 2 saturated carbocycles. The number of carbonyl (C=O) groups is 3. The zero-order valence-corrected chi connectivity index (χ0v) is 15.4. The van der Waals surface area contributed by atoms with Crippen LogP contribution in [-0.4, -0.2) is 17.9 Å². The molecule has 0 aliphatic heterocycles. The molecule has 3 rings (SSSR count). The Morgan fingerprint density at radius 3 is 2.56 bits per heavy atom. The van der Waals surface area contributed by atoms with Gasteiger partial charge in [0.05, 0.1) is 12.0 Å². The van der Waals surface area contributed by atoms with E-state index in [1.165, 1.54) is 6.08 Å². The van der Waals surface area contributed by atoms with Gasteiger partial charge in [-0.1, -0.05) is 13.8 Å². The first-order valence-corrected chi connectivity index (χ1v) is 9.38. The Hall–Kier alpha value is -1.76. The Bertz CT molecular complexity index is 688. The van der Waals surface area contributed by atoms with E-state index in [2.05, 4.69) is 19.9 Å². The fraction of sp³-hybridized carbons (Fsp3) is 0.714. The third-order valence-electron chi connectivity index (χ3n) is 7.72. The van der Waals surface area contributed by atoms with Crippen LogP contribution >= 0.6 is 0 Å². The lowest BCUT2D eigenvalue weighted by Crippen LogP contribution is -2.48. The van der Waals surface area contributed by atoms with Crippen molar-refractivity contribution in [3.63, 3.8) is 0 Å². The molecule has 134 valence electrons. The lowest BCUT2D eigenvalue weighted by molar-refractivity contribution is -0.126. The fourth-order valence-electron chi connectivity index (χ4n) is 6.21. The monoisotopic (exact) mass is 341 g/mol. The van der Waals surface area contributed by atoms with Gasteiger partial charge in [-0.2, -0.15) is 5.26 Å². The summed E-state index contributed by atoms with van der Waals surface area (Å²) in [5.41, 5.74) is 0.0408. The van der Waals surface area contributed by atoms with Crippen molar-refractivity contribution in [2.75, 3.05) is 0 Å². The largest absolute Gasteiger partial charge is 0.300 e. The minimum Gasteiger partial charge on any atom is -0.300 e. The molecule has 4 heteroatoms. The number of fused-ring (bicyclic) bond motifs is 1. The molecule has 3 aliphatic carbocycles. The molecular weight excluding hydrogens is 314 g/mol. The lowest BCUT2D eigenvalue weighted by atomic mass is 9.50. The molecule has 0 bridgehead atoms. The number of ketones is 2. The summed E-state index contributed by atoms with van der Waals surface area (Å²) < 4.78 is 0. The van der Waals surface area contributed by atoms with Gasteiger partial charge >= 0.3 is 0 Å². The minimum atomic E-state index is -0.411. The van der Waals surface area contributed by atoms with Gasteiger partial charge in [-0.3, -0.25) is 14.4 Å². The molecule has 0 saturated heterocycles. The summed E-state index contributed by atoms with van der Waals surface area (Å²) in [6, 6.07) is 2.55. The van der Waals surface area contributed by atoms with Crippen LogP contribution in [-0.2, 0) is 14.4 Å². The van der Waals surface area contributed by atoms with Crippen LogP contribution in [0.4, 0.5) is 0 Å². The van der Waals surface area contributed by atoms with Gasteiger partial charge in [0.2, 0.25) is 0 Å². The second-order valence-corrected chi connectivity index (χ2v) is 8.75. The van der Waals surface area contributed by atoms with Crippen molar-refractivity contribution in [3.8, 4) is 6.07 Å². The van der Waals surface area contributed by atoms with Crippen LogP contribution in [0.3, 0.4) is 0 Å². The van der Waals surface area contributed by atoms with Crippen LogP contribution in [0.1, 0.15) is 59.3 Å². The quantitative estimate of drug-likeness (QED) is 0.734. The predicted octanol–water partition coefficient (Wildman–Crippen LogP) is 3.65. The second kappa shape index (κ2) is 6.20. The Morgan fingerprint density at radius 2 is 1.96 bits per heavy atom. The molecule has 0 unspecified atom stereocenters. The maximum Gasteiger partial charge on any atom is 0.156 e. The van der Waals surface area contributed by atoms with Gasteiger partial charge in [0.25, 0.3) is 0 Å². The lowest BCUT2D eigenvalue weighted by Gasteiger charge is -2.52. The topological polar surface area (TPSA) is 75.0 Å². The molecule has 0 aromatic heterocycles. The van der Waals surface area contributed by atoms with E-state index in [4.69, 9.17) is 0 Å². The van der Waals surface area contributed by atoms with E-state index in [1.54, 1.807) is 6.92 Å². The van der Waals surface area contributed by atoms with Gasteiger partial charge in [0.1, 0.15) is 12.1 Å². The number of allylic oxidation sites excluding steroid dienone is 2. The minimum absolute atomic E-state index is 0.00578. The number of carbonyl (C=O) groups excluding carboxylic acids is 3. The zero-order chi connectivity index (χ0) is 18.4. The molecule has 0 aromatic rings. The first-order valence-electron chi connectivity index (χ1n) is 9.38. The molecule has 0 radical (unpaired) electrons. The molecule has 2 fully saturated rings. The fourth-order valence-corrected chi connectivity index (χ4v) is 6.21. The average molecular weight is 341 g/mol. The number of hydrogen-bond acceptors (Lipinski definition) is 4. The van der Waals surface area contributed by atoms with E-state index < -0.39 is 5.41 Å². The van der Waals surface area contributed by atoms with E-state index in [1.807, 2.05) is 0 Å². The van der Waals surface area contributed by atoms with Crippen LogP contribution in [0.2, 0.25) is 0 Å². The number of aldehydes is 1. The second-order valence-electron chi connectivity index (χ2n) is 8.75. The highest BCUT2D eigenvalue weighted by molar-refractivity contribution is 5.97. The van der Waals surface area contributed by atoms with Gasteiger partial charge < -0.3 is 0 Å². The maximum atomic E-state index is 12.1. The molecule has 3 aliphatic rings. The van der Waals surface area contributed by atoms with E-state index >= 15 is 0 Å². The van der Waals surface area contributed by atoms with Crippen molar-refractivity contribution in [1.29, 1.82) is 5.26 Å². The Balaban J connectivity index is 1.97. The summed E-state index contributed by atoms with van der Waals surface area (Å²) in [6.45, 7) is 5.91. The van der Waals surface area contributed by atoms with Crippen molar-refractivity contribution in [2.45, 2.75) is 59.3 Å². The van der Waals surface area contributed by atoms with Gasteiger partial charge in [-0.15, -0.1) is 0 Å². The number of rotatable bonds is 3.